The Kier molecular flexibility index (Phi) is 5.56. The van der Waals surface area contributed by atoms with Gasteiger partial charge in [-0.15, -0.1) is 0 Å². The molecule has 0 aliphatic carbocycles. The van der Waals surface area contributed by atoms with Crippen molar-refractivity contribution < 1.29 is 4.79 Å². The van der Waals surface area contributed by atoms with Gasteiger partial charge in [0.25, 0.3) is 0 Å². The first-order valence-electron chi connectivity index (χ1n) is 3.80. The fourth-order valence-corrected chi connectivity index (χ4v) is 1.30. The van der Waals surface area contributed by atoms with E-state index >= 15 is 0 Å². The number of rotatable bonds is 4. The molecule has 1 N–H and O–H groups in total. The van der Waals surface area contributed by atoms with Crippen LogP contribution in [0.15, 0.2) is 0 Å². The van der Waals surface area contributed by atoms with E-state index in [0.29, 0.717) is 0 Å². The third kappa shape index (κ3) is 4.24. The SMILES string of the molecule is CSCC(C)NC(=O)C(C)C#N. The lowest BCUT2D eigenvalue weighted by Crippen LogP contribution is -2.37. The molecule has 0 heterocycles. The second-order valence-electron chi connectivity index (χ2n) is 2.72. The molecule has 0 rings (SSSR count). The number of thioether (sulfide) groups is 1. The summed E-state index contributed by atoms with van der Waals surface area (Å²) in [7, 11) is 0. The number of amides is 1. The standard InChI is InChI=1S/C8H14N2OS/c1-6(4-9)8(11)10-7(2)5-12-3/h6-7H,5H2,1-3H3,(H,10,11). The van der Waals surface area contributed by atoms with Gasteiger partial charge in [0, 0.05) is 11.8 Å². The van der Waals surface area contributed by atoms with Crippen LogP contribution in [-0.2, 0) is 4.79 Å². The molecule has 68 valence electrons. The van der Waals surface area contributed by atoms with Crippen LogP contribution >= 0.6 is 11.8 Å². The minimum atomic E-state index is -0.547. The van der Waals surface area contributed by atoms with Crippen molar-refractivity contribution >= 4 is 17.7 Å². The molecule has 0 aliphatic rings. The minimum absolute atomic E-state index is 0.142. The molecule has 0 bridgehead atoms. The number of carbonyl (C=O) groups is 1. The Hall–Kier alpha value is -0.690. The van der Waals surface area contributed by atoms with E-state index in [1.807, 2.05) is 19.2 Å². The number of carbonyl (C=O) groups excluding carboxylic acids is 1. The molecule has 0 saturated heterocycles. The van der Waals surface area contributed by atoms with Gasteiger partial charge >= 0.3 is 0 Å². The molecule has 4 heteroatoms. The highest BCUT2D eigenvalue weighted by atomic mass is 32.2. The van der Waals surface area contributed by atoms with Gasteiger partial charge in [0.1, 0.15) is 5.92 Å². The van der Waals surface area contributed by atoms with Crippen molar-refractivity contribution in [2.24, 2.45) is 5.92 Å². The van der Waals surface area contributed by atoms with E-state index in [-0.39, 0.29) is 11.9 Å². The monoisotopic (exact) mass is 186 g/mol. The van der Waals surface area contributed by atoms with Crippen LogP contribution in [0.1, 0.15) is 13.8 Å². The highest BCUT2D eigenvalue weighted by Gasteiger charge is 2.13. The van der Waals surface area contributed by atoms with Crippen LogP contribution in [-0.4, -0.2) is 24.0 Å². The normalized spacial score (nSPS) is 14.5. The lowest BCUT2D eigenvalue weighted by molar-refractivity contribution is -0.123. The van der Waals surface area contributed by atoms with Crippen molar-refractivity contribution in [3.05, 3.63) is 0 Å². The van der Waals surface area contributed by atoms with E-state index in [1.54, 1.807) is 18.7 Å². The molecule has 3 nitrogen and oxygen atoms in total. The maximum absolute atomic E-state index is 11.1. The molecular formula is C8H14N2OS. The van der Waals surface area contributed by atoms with Crippen LogP contribution in [0.25, 0.3) is 0 Å². The Balaban J connectivity index is 3.77. The molecule has 0 radical (unpaired) electrons. The highest BCUT2D eigenvalue weighted by Crippen LogP contribution is 1.98. The summed E-state index contributed by atoms with van der Waals surface area (Å²) in [6.45, 7) is 3.53. The Bertz CT molecular complexity index is 188. The summed E-state index contributed by atoms with van der Waals surface area (Å²) < 4.78 is 0. The molecule has 2 unspecified atom stereocenters. The van der Waals surface area contributed by atoms with E-state index in [0.717, 1.165) is 5.75 Å². The summed E-state index contributed by atoms with van der Waals surface area (Å²) in [5.74, 6) is 0.150. The van der Waals surface area contributed by atoms with E-state index < -0.39 is 5.92 Å². The summed E-state index contributed by atoms with van der Waals surface area (Å²) in [6.07, 6.45) is 1.98. The van der Waals surface area contributed by atoms with Crippen LogP contribution in [0.2, 0.25) is 0 Å². The maximum Gasteiger partial charge on any atom is 0.237 e. The predicted octanol–water partition coefficient (Wildman–Crippen LogP) is 1.01. The molecular weight excluding hydrogens is 172 g/mol. The summed E-state index contributed by atoms with van der Waals surface area (Å²) in [6, 6.07) is 2.04. The molecule has 1 amide bonds. The highest BCUT2D eigenvalue weighted by molar-refractivity contribution is 7.98. The maximum atomic E-state index is 11.1. The lowest BCUT2D eigenvalue weighted by atomic mass is 10.2. The Morgan fingerprint density at radius 1 is 1.67 bits per heavy atom. The van der Waals surface area contributed by atoms with E-state index in [4.69, 9.17) is 5.26 Å². The van der Waals surface area contributed by atoms with E-state index in [2.05, 4.69) is 5.32 Å². The number of hydrogen-bond donors (Lipinski definition) is 1. The number of nitrogens with zero attached hydrogens (tertiary/aromatic N) is 1. The zero-order valence-electron chi connectivity index (χ0n) is 7.63. The molecule has 0 saturated carbocycles. The van der Waals surface area contributed by atoms with Gasteiger partial charge in [-0.25, -0.2) is 0 Å². The predicted molar refractivity (Wildman–Crippen MR) is 50.8 cm³/mol. The van der Waals surface area contributed by atoms with Crippen LogP contribution < -0.4 is 5.32 Å². The number of nitrogens with one attached hydrogen (secondary N) is 1. The van der Waals surface area contributed by atoms with Crippen LogP contribution in [0.4, 0.5) is 0 Å². The first kappa shape index (κ1) is 11.3. The molecule has 0 spiro atoms. The van der Waals surface area contributed by atoms with Crippen molar-refractivity contribution in [2.45, 2.75) is 19.9 Å². The van der Waals surface area contributed by atoms with Crippen LogP contribution in [0.3, 0.4) is 0 Å². The van der Waals surface area contributed by atoms with Gasteiger partial charge in [0.05, 0.1) is 6.07 Å². The van der Waals surface area contributed by atoms with Crippen molar-refractivity contribution in [1.29, 1.82) is 5.26 Å². The first-order chi connectivity index (χ1) is 5.61. The van der Waals surface area contributed by atoms with Gasteiger partial charge < -0.3 is 5.32 Å². The van der Waals surface area contributed by atoms with Gasteiger partial charge in [-0.1, -0.05) is 0 Å². The van der Waals surface area contributed by atoms with Gasteiger partial charge in [0.15, 0.2) is 0 Å². The lowest BCUT2D eigenvalue weighted by Gasteiger charge is -2.12. The van der Waals surface area contributed by atoms with Gasteiger partial charge in [-0.2, -0.15) is 17.0 Å². The largest absolute Gasteiger partial charge is 0.352 e. The quantitative estimate of drug-likeness (QED) is 0.713. The van der Waals surface area contributed by atoms with E-state index in [9.17, 15) is 4.79 Å². The number of nitriles is 1. The fraction of sp³-hybridized carbons (Fsp3) is 0.750. The zero-order valence-corrected chi connectivity index (χ0v) is 8.44. The number of hydrogen-bond acceptors (Lipinski definition) is 3. The zero-order chi connectivity index (χ0) is 9.56. The van der Waals surface area contributed by atoms with Gasteiger partial charge in [0.2, 0.25) is 5.91 Å². The summed E-state index contributed by atoms with van der Waals surface area (Å²) in [5, 5.41) is 11.2. The molecule has 12 heavy (non-hydrogen) atoms. The Morgan fingerprint density at radius 2 is 2.25 bits per heavy atom. The van der Waals surface area contributed by atoms with Crippen LogP contribution in [0, 0.1) is 17.2 Å². The Labute approximate surface area is 77.5 Å². The molecule has 0 aromatic carbocycles. The molecule has 0 aromatic rings. The second-order valence-corrected chi connectivity index (χ2v) is 3.63. The topological polar surface area (TPSA) is 52.9 Å². The molecule has 0 aliphatic heterocycles. The summed E-state index contributed by atoms with van der Waals surface area (Å²) >= 11 is 1.67. The third-order valence-electron chi connectivity index (χ3n) is 1.39. The molecule has 0 fully saturated rings. The van der Waals surface area contributed by atoms with Crippen LogP contribution in [0.5, 0.6) is 0 Å². The minimum Gasteiger partial charge on any atom is -0.352 e. The third-order valence-corrected chi connectivity index (χ3v) is 2.23. The van der Waals surface area contributed by atoms with E-state index in [1.165, 1.54) is 0 Å². The first-order valence-corrected chi connectivity index (χ1v) is 5.20. The smallest absolute Gasteiger partial charge is 0.237 e. The van der Waals surface area contributed by atoms with Crippen molar-refractivity contribution in [3.63, 3.8) is 0 Å². The summed E-state index contributed by atoms with van der Waals surface area (Å²) in [4.78, 5) is 11.1. The van der Waals surface area contributed by atoms with Crippen molar-refractivity contribution in [1.82, 2.24) is 5.32 Å². The van der Waals surface area contributed by atoms with Crippen molar-refractivity contribution in [3.8, 4) is 6.07 Å². The average Bonchev–Trinajstić information content (AvgIpc) is 2.03. The second kappa shape index (κ2) is 5.90. The molecule has 0 aromatic heterocycles. The summed E-state index contributed by atoms with van der Waals surface area (Å²) in [5.41, 5.74) is 0. The van der Waals surface area contributed by atoms with Crippen molar-refractivity contribution in [2.75, 3.05) is 12.0 Å². The molecule has 2 atom stereocenters. The fourth-order valence-electron chi connectivity index (χ4n) is 0.718. The van der Waals surface area contributed by atoms with Gasteiger partial charge in [-0.3, -0.25) is 4.79 Å². The van der Waals surface area contributed by atoms with Gasteiger partial charge in [-0.05, 0) is 20.1 Å². The Morgan fingerprint density at radius 3 is 2.67 bits per heavy atom. The average molecular weight is 186 g/mol.